The van der Waals surface area contributed by atoms with Crippen LogP contribution >= 0.6 is 0 Å². The summed E-state index contributed by atoms with van der Waals surface area (Å²) in [5.74, 6) is 2.24. The molecule has 0 fully saturated rings. The van der Waals surface area contributed by atoms with Crippen LogP contribution in [0.5, 0.6) is 23.0 Å². The molecule has 0 bridgehead atoms. The summed E-state index contributed by atoms with van der Waals surface area (Å²) in [6, 6.07) is 10.00. The van der Waals surface area contributed by atoms with E-state index in [0.717, 1.165) is 45.0 Å². The van der Waals surface area contributed by atoms with Crippen LogP contribution < -0.4 is 24.7 Å². The second-order valence-electron chi connectivity index (χ2n) is 7.75. The Labute approximate surface area is 215 Å². The van der Waals surface area contributed by atoms with Gasteiger partial charge in [-0.3, -0.25) is 10.1 Å². The Balaban J connectivity index is 0.000000362. The van der Waals surface area contributed by atoms with E-state index in [2.05, 4.69) is 37.5 Å². The molecular formula is C26H42N4O6. The summed E-state index contributed by atoms with van der Waals surface area (Å²) in [5.41, 5.74) is 6.30. The van der Waals surface area contributed by atoms with E-state index < -0.39 is 4.92 Å². The van der Waals surface area contributed by atoms with Crippen LogP contribution in [-0.4, -0.2) is 81.4 Å². The van der Waals surface area contributed by atoms with Gasteiger partial charge in [-0.1, -0.05) is 27.7 Å². The molecule has 0 amide bonds. The van der Waals surface area contributed by atoms with Crippen molar-refractivity contribution in [1.29, 1.82) is 0 Å². The molecule has 0 saturated heterocycles. The second kappa shape index (κ2) is 17.2. The number of nitrogen functional groups attached to an aromatic ring is 1. The quantitative estimate of drug-likeness (QED) is 0.214. The molecule has 2 aromatic carbocycles. The molecule has 0 aliphatic heterocycles. The number of benzene rings is 2. The van der Waals surface area contributed by atoms with Crippen LogP contribution in [0.25, 0.3) is 0 Å². The largest absolute Gasteiger partial charge is 0.494 e. The van der Waals surface area contributed by atoms with E-state index in [-0.39, 0.29) is 11.4 Å². The normalized spacial score (nSPS) is 10.6. The molecule has 0 saturated carbocycles. The zero-order chi connectivity index (χ0) is 26.9. The van der Waals surface area contributed by atoms with Crippen LogP contribution in [0, 0.1) is 10.1 Å². The van der Waals surface area contributed by atoms with E-state index in [1.54, 1.807) is 25.3 Å². The smallest absolute Gasteiger partial charge is 0.311 e. The number of hydrogen-bond acceptors (Lipinski definition) is 9. The number of ether oxygens (including phenoxy) is 4. The number of nitro benzene ring substituents is 1. The fourth-order valence-corrected chi connectivity index (χ4v) is 3.34. The zero-order valence-corrected chi connectivity index (χ0v) is 22.5. The van der Waals surface area contributed by atoms with Crippen molar-refractivity contribution in [3.05, 3.63) is 46.5 Å². The third-order valence-electron chi connectivity index (χ3n) is 5.69. The number of nitro groups is 1. The van der Waals surface area contributed by atoms with Gasteiger partial charge in [0.25, 0.3) is 0 Å². The second-order valence-corrected chi connectivity index (χ2v) is 7.75. The molecule has 0 aliphatic rings. The summed E-state index contributed by atoms with van der Waals surface area (Å²) >= 11 is 0. The number of rotatable bonds is 15. The highest BCUT2D eigenvalue weighted by Crippen LogP contribution is 2.30. The summed E-state index contributed by atoms with van der Waals surface area (Å²) in [7, 11) is 3.01. The number of methoxy groups -OCH3 is 2. The van der Waals surface area contributed by atoms with Crippen LogP contribution in [0.4, 0.5) is 11.4 Å². The van der Waals surface area contributed by atoms with E-state index in [0.29, 0.717) is 30.4 Å². The Morgan fingerprint density at radius 3 is 1.64 bits per heavy atom. The molecule has 2 N–H and O–H groups in total. The molecule has 10 heteroatoms. The lowest BCUT2D eigenvalue weighted by atomic mass is 10.3. The fraction of sp³-hybridized carbons (Fsp3) is 0.538. The van der Waals surface area contributed by atoms with Crippen LogP contribution in [0.1, 0.15) is 27.7 Å². The fourth-order valence-electron chi connectivity index (χ4n) is 3.34. The molecule has 2 rings (SSSR count). The molecule has 202 valence electrons. The third kappa shape index (κ3) is 10.6. The Bertz CT molecular complexity index is 904. The first kappa shape index (κ1) is 30.8. The topological polar surface area (TPSA) is 113 Å². The lowest BCUT2D eigenvalue weighted by molar-refractivity contribution is -0.385. The first-order valence-electron chi connectivity index (χ1n) is 12.3. The zero-order valence-electron chi connectivity index (χ0n) is 22.5. The summed E-state index contributed by atoms with van der Waals surface area (Å²) in [6.45, 7) is 15.5. The minimum atomic E-state index is -0.474. The molecule has 10 nitrogen and oxygen atoms in total. The van der Waals surface area contributed by atoms with Gasteiger partial charge >= 0.3 is 5.69 Å². The maximum absolute atomic E-state index is 10.8. The van der Waals surface area contributed by atoms with Crippen LogP contribution in [0.3, 0.4) is 0 Å². The lowest BCUT2D eigenvalue weighted by Crippen LogP contribution is -2.27. The van der Waals surface area contributed by atoms with Crippen molar-refractivity contribution in [2.45, 2.75) is 27.7 Å². The van der Waals surface area contributed by atoms with E-state index in [4.69, 9.17) is 24.7 Å². The molecule has 36 heavy (non-hydrogen) atoms. The van der Waals surface area contributed by atoms with Gasteiger partial charge in [-0.25, -0.2) is 0 Å². The van der Waals surface area contributed by atoms with Crippen molar-refractivity contribution in [1.82, 2.24) is 9.80 Å². The Hall–Kier alpha value is -3.24. The van der Waals surface area contributed by atoms with Gasteiger partial charge < -0.3 is 34.5 Å². The SMILES string of the molecule is CCN(CC)CCOc1ccc(N)c(OC)c1.CCN(CC)CCOc1ccc([N+](=O)[O-])c(OC)c1. The molecule has 0 spiro atoms. The maximum Gasteiger partial charge on any atom is 0.311 e. The van der Waals surface area contributed by atoms with Gasteiger partial charge in [0.2, 0.25) is 5.75 Å². The first-order chi connectivity index (χ1) is 17.3. The van der Waals surface area contributed by atoms with Crippen molar-refractivity contribution in [3.8, 4) is 23.0 Å². The standard InChI is InChI=1S/C13H20N2O4.C13H22N2O2/c1-4-14(5-2)8-9-19-11-6-7-12(15(16)17)13(10-11)18-3;1-4-15(5-2)8-9-17-11-6-7-12(14)13(10-11)16-3/h6-7,10H,4-5,8-9H2,1-3H3;6-7,10H,4-5,8-9,14H2,1-3H3. The van der Waals surface area contributed by atoms with Gasteiger partial charge in [0, 0.05) is 31.3 Å². The van der Waals surface area contributed by atoms with Crippen LogP contribution in [-0.2, 0) is 0 Å². The molecule has 0 aromatic heterocycles. The summed E-state index contributed by atoms with van der Waals surface area (Å²) in [4.78, 5) is 14.8. The van der Waals surface area contributed by atoms with Crippen molar-refractivity contribution < 1.29 is 23.9 Å². The van der Waals surface area contributed by atoms with E-state index in [1.165, 1.54) is 13.2 Å². The molecule has 0 radical (unpaired) electrons. The number of likely N-dealkylation sites (N-methyl/N-ethyl adjacent to an activating group) is 2. The molecule has 0 atom stereocenters. The van der Waals surface area contributed by atoms with E-state index in [1.807, 2.05) is 12.1 Å². The minimum Gasteiger partial charge on any atom is -0.494 e. The first-order valence-corrected chi connectivity index (χ1v) is 12.3. The highest BCUT2D eigenvalue weighted by atomic mass is 16.6. The van der Waals surface area contributed by atoms with Crippen molar-refractivity contribution in [2.24, 2.45) is 0 Å². The number of hydrogen-bond donors (Lipinski definition) is 1. The minimum absolute atomic E-state index is 0.0569. The number of anilines is 1. The van der Waals surface area contributed by atoms with Gasteiger partial charge in [-0.05, 0) is 44.4 Å². The molecular weight excluding hydrogens is 464 g/mol. The Morgan fingerprint density at radius 1 is 0.778 bits per heavy atom. The number of nitrogens with two attached hydrogens (primary N) is 1. The van der Waals surface area contributed by atoms with Gasteiger partial charge in [0.05, 0.1) is 24.8 Å². The summed E-state index contributed by atoms with van der Waals surface area (Å²) in [5, 5.41) is 10.8. The van der Waals surface area contributed by atoms with Gasteiger partial charge in [0.15, 0.2) is 0 Å². The van der Waals surface area contributed by atoms with Crippen molar-refractivity contribution in [3.63, 3.8) is 0 Å². The average Bonchev–Trinajstić information content (AvgIpc) is 2.90. The Kier molecular flexibility index (Phi) is 14.7. The summed E-state index contributed by atoms with van der Waals surface area (Å²) < 4.78 is 21.4. The average molecular weight is 507 g/mol. The maximum atomic E-state index is 10.8. The summed E-state index contributed by atoms with van der Waals surface area (Å²) in [6.07, 6.45) is 0. The van der Waals surface area contributed by atoms with Gasteiger partial charge in [0.1, 0.15) is 30.5 Å². The van der Waals surface area contributed by atoms with Crippen molar-refractivity contribution >= 4 is 11.4 Å². The predicted molar refractivity (Wildman–Crippen MR) is 144 cm³/mol. The number of nitrogens with zero attached hydrogens (tertiary/aromatic N) is 3. The van der Waals surface area contributed by atoms with E-state index >= 15 is 0 Å². The molecule has 0 aliphatic carbocycles. The lowest BCUT2D eigenvalue weighted by Gasteiger charge is -2.18. The predicted octanol–water partition coefficient (Wildman–Crippen LogP) is 4.32. The van der Waals surface area contributed by atoms with Crippen molar-refractivity contribution in [2.75, 3.05) is 72.4 Å². The highest BCUT2D eigenvalue weighted by Gasteiger charge is 2.15. The highest BCUT2D eigenvalue weighted by molar-refractivity contribution is 5.55. The van der Waals surface area contributed by atoms with Gasteiger partial charge in [-0.15, -0.1) is 0 Å². The Morgan fingerprint density at radius 2 is 1.22 bits per heavy atom. The van der Waals surface area contributed by atoms with Gasteiger partial charge in [-0.2, -0.15) is 0 Å². The van der Waals surface area contributed by atoms with Crippen LogP contribution in [0.2, 0.25) is 0 Å². The molecule has 0 heterocycles. The van der Waals surface area contributed by atoms with Crippen LogP contribution in [0.15, 0.2) is 36.4 Å². The third-order valence-corrected chi connectivity index (χ3v) is 5.69. The van der Waals surface area contributed by atoms with E-state index in [9.17, 15) is 10.1 Å². The molecule has 2 aromatic rings. The monoisotopic (exact) mass is 506 g/mol. The molecule has 0 unspecified atom stereocenters.